The number of aromatic nitrogens is 2. The van der Waals surface area contributed by atoms with Crippen LogP contribution < -0.4 is 5.56 Å². The molecular formula is C11H6Cl3N3O3. The zero-order valence-electron chi connectivity index (χ0n) is 9.72. The molecule has 104 valence electrons. The Balaban J connectivity index is 2.48. The zero-order valence-corrected chi connectivity index (χ0v) is 12.0. The van der Waals surface area contributed by atoms with Gasteiger partial charge < -0.3 is 0 Å². The van der Waals surface area contributed by atoms with Crippen molar-refractivity contribution in [2.45, 2.75) is 6.54 Å². The van der Waals surface area contributed by atoms with E-state index in [1.54, 1.807) is 0 Å². The molecule has 20 heavy (non-hydrogen) atoms. The number of hydrogen-bond donors (Lipinski definition) is 0. The summed E-state index contributed by atoms with van der Waals surface area (Å²) in [5.41, 5.74) is -0.451. The Morgan fingerprint density at radius 1 is 1.30 bits per heavy atom. The highest BCUT2D eigenvalue weighted by atomic mass is 35.5. The van der Waals surface area contributed by atoms with Crippen molar-refractivity contribution in [3.8, 4) is 0 Å². The molecule has 0 bridgehead atoms. The van der Waals surface area contributed by atoms with Crippen LogP contribution in [0.4, 0.5) is 5.69 Å². The molecule has 0 aliphatic rings. The van der Waals surface area contributed by atoms with E-state index in [1.165, 1.54) is 24.5 Å². The van der Waals surface area contributed by atoms with Gasteiger partial charge in [-0.2, -0.15) is 0 Å². The molecule has 6 nitrogen and oxygen atoms in total. The van der Waals surface area contributed by atoms with Crippen LogP contribution in [0.3, 0.4) is 0 Å². The maximum atomic E-state index is 11.9. The van der Waals surface area contributed by atoms with Crippen molar-refractivity contribution in [1.29, 1.82) is 0 Å². The molecule has 9 heteroatoms. The topological polar surface area (TPSA) is 78.0 Å². The fourth-order valence-electron chi connectivity index (χ4n) is 1.58. The van der Waals surface area contributed by atoms with E-state index in [2.05, 4.69) is 4.98 Å². The third-order valence-electron chi connectivity index (χ3n) is 2.52. The maximum absolute atomic E-state index is 11.9. The van der Waals surface area contributed by atoms with Crippen LogP contribution in [0.2, 0.25) is 15.2 Å². The summed E-state index contributed by atoms with van der Waals surface area (Å²) in [5, 5.41) is 10.9. The number of rotatable bonds is 3. The van der Waals surface area contributed by atoms with Gasteiger partial charge >= 0.3 is 0 Å². The summed E-state index contributed by atoms with van der Waals surface area (Å²) in [5.74, 6) is 0. The maximum Gasteiger partial charge on any atom is 0.275 e. The largest absolute Gasteiger partial charge is 0.293 e. The van der Waals surface area contributed by atoms with Crippen LogP contribution in [0.25, 0.3) is 0 Å². The summed E-state index contributed by atoms with van der Waals surface area (Å²) >= 11 is 17.0. The summed E-state index contributed by atoms with van der Waals surface area (Å²) in [6, 6.07) is 4.18. The van der Waals surface area contributed by atoms with Gasteiger partial charge in [0.15, 0.2) is 5.15 Å². The first kappa shape index (κ1) is 14.8. The van der Waals surface area contributed by atoms with Gasteiger partial charge in [-0.25, -0.2) is 4.98 Å². The molecule has 2 rings (SSSR count). The number of nitro benzene ring substituents is 1. The van der Waals surface area contributed by atoms with E-state index in [0.29, 0.717) is 5.56 Å². The van der Waals surface area contributed by atoms with Crippen molar-refractivity contribution in [2.24, 2.45) is 0 Å². The van der Waals surface area contributed by atoms with E-state index in [0.717, 1.165) is 4.57 Å². The van der Waals surface area contributed by atoms with Gasteiger partial charge in [-0.15, -0.1) is 0 Å². The Hall–Kier alpha value is -1.63. The first-order chi connectivity index (χ1) is 9.40. The lowest BCUT2D eigenvalue weighted by Gasteiger charge is -2.07. The Labute approximate surface area is 127 Å². The van der Waals surface area contributed by atoms with Crippen LogP contribution in [-0.2, 0) is 6.54 Å². The van der Waals surface area contributed by atoms with E-state index in [1.807, 2.05) is 0 Å². The predicted octanol–water partition coefficient (Wildman–Crippen LogP) is 3.16. The van der Waals surface area contributed by atoms with Gasteiger partial charge in [0.1, 0.15) is 5.02 Å². The number of nitro groups is 1. The summed E-state index contributed by atoms with van der Waals surface area (Å²) < 4.78 is 1.13. The molecular weight excluding hydrogens is 328 g/mol. The second kappa shape index (κ2) is 5.78. The van der Waals surface area contributed by atoms with Crippen LogP contribution >= 0.6 is 34.8 Å². The number of nitrogens with zero attached hydrogens (tertiary/aromatic N) is 3. The lowest BCUT2D eigenvalue weighted by molar-refractivity contribution is -0.385. The monoisotopic (exact) mass is 333 g/mol. The van der Waals surface area contributed by atoms with E-state index in [4.69, 9.17) is 34.8 Å². The minimum Gasteiger partial charge on any atom is -0.293 e. The highest BCUT2D eigenvalue weighted by molar-refractivity contribution is 6.40. The first-order valence-electron chi connectivity index (χ1n) is 5.23. The molecule has 1 aromatic carbocycles. The van der Waals surface area contributed by atoms with Gasteiger partial charge in [-0.3, -0.25) is 19.5 Å². The summed E-state index contributed by atoms with van der Waals surface area (Å²) in [4.78, 5) is 26.0. The van der Waals surface area contributed by atoms with Gasteiger partial charge in [0.05, 0.1) is 17.8 Å². The number of benzene rings is 1. The summed E-state index contributed by atoms with van der Waals surface area (Å²) in [7, 11) is 0. The van der Waals surface area contributed by atoms with E-state index < -0.39 is 10.5 Å². The molecule has 0 saturated carbocycles. The fourth-order valence-corrected chi connectivity index (χ4v) is 2.03. The Bertz CT molecular complexity index is 745. The average molecular weight is 335 g/mol. The molecule has 0 unspecified atom stereocenters. The molecule has 0 radical (unpaired) electrons. The van der Waals surface area contributed by atoms with Crippen LogP contribution in [0.15, 0.2) is 29.3 Å². The van der Waals surface area contributed by atoms with Crippen LogP contribution in [0.5, 0.6) is 0 Å². The molecule has 0 spiro atoms. The van der Waals surface area contributed by atoms with Crippen molar-refractivity contribution in [3.05, 3.63) is 65.8 Å². The molecule has 0 saturated heterocycles. The SMILES string of the molecule is O=c1c(Cl)c(Cl)ncn1Cc1ccc(Cl)cc1[N+](=O)[O-]. The van der Waals surface area contributed by atoms with E-state index in [-0.39, 0.29) is 27.4 Å². The fraction of sp³-hybridized carbons (Fsp3) is 0.0909. The Morgan fingerprint density at radius 3 is 2.65 bits per heavy atom. The minimum atomic E-state index is -0.573. The van der Waals surface area contributed by atoms with Crippen LogP contribution in [-0.4, -0.2) is 14.5 Å². The van der Waals surface area contributed by atoms with Crippen molar-refractivity contribution >= 4 is 40.5 Å². The average Bonchev–Trinajstić information content (AvgIpc) is 2.41. The smallest absolute Gasteiger partial charge is 0.275 e. The van der Waals surface area contributed by atoms with Gasteiger partial charge in [-0.05, 0) is 12.1 Å². The molecule has 0 aliphatic heterocycles. The minimum absolute atomic E-state index is 0.0593. The zero-order chi connectivity index (χ0) is 14.9. The molecule has 0 aliphatic carbocycles. The normalized spacial score (nSPS) is 10.6. The first-order valence-corrected chi connectivity index (χ1v) is 6.37. The van der Waals surface area contributed by atoms with Crippen molar-refractivity contribution in [1.82, 2.24) is 9.55 Å². The lowest BCUT2D eigenvalue weighted by Crippen LogP contribution is -2.22. The van der Waals surface area contributed by atoms with Gasteiger partial charge in [0, 0.05) is 16.7 Å². The number of hydrogen-bond acceptors (Lipinski definition) is 4. The van der Waals surface area contributed by atoms with Gasteiger partial charge in [0.25, 0.3) is 11.2 Å². The summed E-state index contributed by atoms with van der Waals surface area (Å²) in [6.45, 7) is -0.0593. The molecule has 1 heterocycles. The van der Waals surface area contributed by atoms with E-state index >= 15 is 0 Å². The van der Waals surface area contributed by atoms with Gasteiger partial charge in [-0.1, -0.05) is 34.8 Å². The van der Waals surface area contributed by atoms with Crippen LogP contribution in [0, 0.1) is 10.1 Å². The van der Waals surface area contributed by atoms with Gasteiger partial charge in [0.2, 0.25) is 0 Å². The quantitative estimate of drug-likeness (QED) is 0.491. The summed E-state index contributed by atoms with van der Waals surface area (Å²) in [6.07, 6.45) is 1.18. The highest BCUT2D eigenvalue weighted by Crippen LogP contribution is 2.24. The van der Waals surface area contributed by atoms with Crippen molar-refractivity contribution < 1.29 is 4.92 Å². The molecule has 0 amide bonds. The van der Waals surface area contributed by atoms with E-state index in [9.17, 15) is 14.9 Å². The van der Waals surface area contributed by atoms with Crippen molar-refractivity contribution in [3.63, 3.8) is 0 Å². The second-order valence-electron chi connectivity index (χ2n) is 3.81. The number of halogens is 3. The second-order valence-corrected chi connectivity index (χ2v) is 4.98. The molecule has 0 N–H and O–H groups in total. The predicted molar refractivity (Wildman–Crippen MR) is 75.7 cm³/mol. The Kier molecular flexibility index (Phi) is 4.27. The van der Waals surface area contributed by atoms with Crippen molar-refractivity contribution in [2.75, 3.05) is 0 Å². The van der Waals surface area contributed by atoms with Crippen LogP contribution in [0.1, 0.15) is 5.56 Å². The molecule has 1 aromatic heterocycles. The standard InChI is InChI=1S/C11H6Cl3N3O3/c12-7-2-1-6(8(3-7)17(19)20)4-16-5-15-10(14)9(13)11(16)18/h1-3,5H,4H2. The molecule has 0 atom stereocenters. The lowest BCUT2D eigenvalue weighted by atomic mass is 10.2. The highest BCUT2D eigenvalue weighted by Gasteiger charge is 2.16. The third kappa shape index (κ3) is 2.92. The molecule has 0 fully saturated rings. The Morgan fingerprint density at radius 2 is 2.00 bits per heavy atom. The molecule has 2 aromatic rings. The third-order valence-corrected chi connectivity index (χ3v) is 3.48.